The summed E-state index contributed by atoms with van der Waals surface area (Å²) >= 11 is 0. The van der Waals surface area contributed by atoms with Crippen LogP contribution in [-0.4, -0.2) is 23.1 Å². The summed E-state index contributed by atoms with van der Waals surface area (Å²) in [5.74, 6) is 1.76. The lowest BCUT2D eigenvalue weighted by Gasteiger charge is -2.33. The number of nitrogens with zero attached hydrogens (tertiary/aromatic N) is 2. The zero-order valence-electron chi connectivity index (χ0n) is 11.8. The van der Waals surface area contributed by atoms with E-state index in [1.54, 1.807) is 0 Å². The van der Waals surface area contributed by atoms with Gasteiger partial charge < -0.3 is 10.1 Å². The van der Waals surface area contributed by atoms with Gasteiger partial charge in [-0.25, -0.2) is 9.97 Å². The third kappa shape index (κ3) is 2.48. The van der Waals surface area contributed by atoms with Crippen molar-refractivity contribution in [3.05, 3.63) is 17.1 Å². The second-order valence-corrected chi connectivity index (χ2v) is 5.17. The molecule has 0 radical (unpaired) electrons. The highest BCUT2D eigenvalue weighted by atomic mass is 16.5. The Morgan fingerprint density at radius 1 is 1.28 bits per heavy atom. The Kier molecular flexibility index (Phi) is 3.85. The lowest BCUT2D eigenvalue weighted by molar-refractivity contribution is -0.0760. The first-order valence-electron chi connectivity index (χ1n) is 6.80. The molecule has 1 aromatic rings. The van der Waals surface area contributed by atoms with E-state index in [4.69, 9.17) is 4.74 Å². The minimum absolute atomic E-state index is 0.319. The molecular formula is C14H23N3O. The Bertz CT molecular complexity index is 425. The summed E-state index contributed by atoms with van der Waals surface area (Å²) < 4.78 is 5.93. The number of hydrogen-bond acceptors (Lipinski definition) is 4. The van der Waals surface area contributed by atoms with Gasteiger partial charge in [0.05, 0.1) is 0 Å². The normalized spacial score (nSPS) is 24.0. The summed E-state index contributed by atoms with van der Waals surface area (Å²) in [6.07, 6.45) is 3.32. The quantitative estimate of drug-likeness (QED) is 0.894. The van der Waals surface area contributed by atoms with Gasteiger partial charge in [0.15, 0.2) is 5.82 Å². The van der Waals surface area contributed by atoms with E-state index in [0.29, 0.717) is 0 Å². The Hall–Kier alpha value is -1.16. The van der Waals surface area contributed by atoms with Gasteiger partial charge in [-0.05, 0) is 47.0 Å². The number of anilines is 1. The molecule has 1 aliphatic heterocycles. The molecule has 0 amide bonds. The van der Waals surface area contributed by atoms with Gasteiger partial charge in [-0.3, -0.25) is 0 Å². The van der Waals surface area contributed by atoms with Crippen molar-refractivity contribution in [2.45, 2.75) is 52.6 Å². The Balaban J connectivity index is 2.38. The minimum Gasteiger partial charge on any atom is -0.370 e. The molecule has 100 valence electrons. The van der Waals surface area contributed by atoms with Crippen LogP contribution in [0, 0.1) is 13.8 Å². The number of aromatic nitrogens is 2. The van der Waals surface area contributed by atoms with E-state index in [1.807, 2.05) is 6.92 Å². The predicted octanol–water partition coefficient (Wildman–Crippen LogP) is 2.94. The van der Waals surface area contributed by atoms with Crippen LogP contribution in [0.25, 0.3) is 0 Å². The summed E-state index contributed by atoms with van der Waals surface area (Å²) in [6, 6.07) is 0. The van der Waals surface area contributed by atoms with E-state index in [9.17, 15) is 0 Å². The lowest BCUT2D eigenvalue weighted by atomic mass is 9.95. The van der Waals surface area contributed by atoms with E-state index in [2.05, 4.69) is 36.1 Å². The predicted molar refractivity (Wildman–Crippen MR) is 72.8 cm³/mol. The van der Waals surface area contributed by atoms with Gasteiger partial charge in [0.1, 0.15) is 11.4 Å². The molecule has 0 aromatic carbocycles. The van der Waals surface area contributed by atoms with E-state index in [-0.39, 0.29) is 5.60 Å². The molecule has 1 atom stereocenters. The van der Waals surface area contributed by atoms with Gasteiger partial charge in [0.25, 0.3) is 0 Å². The maximum atomic E-state index is 5.93. The number of ether oxygens (including phenoxy) is 1. The van der Waals surface area contributed by atoms with Crippen molar-refractivity contribution in [3.8, 4) is 0 Å². The molecule has 0 saturated carbocycles. The molecule has 0 spiro atoms. The van der Waals surface area contributed by atoms with Gasteiger partial charge in [-0.15, -0.1) is 0 Å². The molecule has 2 rings (SSSR count). The molecule has 1 N–H and O–H groups in total. The van der Waals surface area contributed by atoms with Crippen molar-refractivity contribution in [2.24, 2.45) is 0 Å². The third-order valence-electron chi connectivity index (χ3n) is 3.68. The fraction of sp³-hybridized carbons (Fsp3) is 0.714. The zero-order chi connectivity index (χ0) is 13.2. The fourth-order valence-electron chi connectivity index (χ4n) is 2.32. The number of rotatable bonds is 3. The first-order chi connectivity index (χ1) is 8.57. The molecular weight excluding hydrogens is 226 g/mol. The minimum atomic E-state index is -0.319. The topological polar surface area (TPSA) is 47.0 Å². The van der Waals surface area contributed by atoms with Gasteiger partial charge in [-0.1, -0.05) is 0 Å². The molecule has 1 fully saturated rings. The first kappa shape index (κ1) is 13.3. The van der Waals surface area contributed by atoms with Crippen LogP contribution >= 0.6 is 0 Å². The van der Waals surface area contributed by atoms with Crippen molar-refractivity contribution in [3.63, 3.8) is 0 Å². The summed E-state index contributed by atoms with van der Waals surface area (Å²) in [7, 11) is 0. The van der Waals surface area contributed by atoms with Crippen molar-refractivity contribution in [2.75, 3.05) is 18.5 Å². The summed E-state index contributed by atoms with van der Waals surface area (Å²) in [6.45, 7) is 9.95. The Labute approximate surface area is 109 Å². The maximum absolute atomic E-state index is 5.93. The van der Waals surface area contributed by atoms with Crippen LogP contribution in [0.3, 0.4) is 0 Å². The molecule has 1 aromatic heterocycles. The molecule has 1 saturated heterocycles. The molecule has 1 aliphatic rings. The van der Waals surface area contributed by atoms with Crippen LogP contribution < -0.4 is 5.32 Å². The van der Waals surface area contributed by atoms with Gasteiger partial charge in [0, 0.05) is 24.4 Å². The smallest absolute Gasteiger partial charge is 0.162 e. The lowest BCUT2D eigenvalue weighted by Crippen LogP contribution is -2.33. The van der Waals surface area contributed by atoms with E-state index in [0.717, 1.165) is 48.9 Å². The molecule has 4 heteroatoms. The zero-order valence-corrected chi connectivity index (χ0v) is 11.8. The van der Waals surface area contributed by atoms with Gasteiger partial charge in [0.2, 0.25) is 0 Å². The van der Waals surface area contributed by atoms with E-state index >= 15 is 0 Å². The van der Waals surface area contributed by atoms with Crippen LogP contribution in [0.1, 0.15) is 50.2 Å². The molecule has 1 unspecified atom stereocenters. The van der Waals surface area contributed by atoms with Crippen molar-refractivity contribution < 1.29 is 4.74 Å². The van der Waals surface area contributed by atoms with E-state index in [1.165, 1.54) is 6.42 Å². The number of aryl methyl sites for hydroxylation is 1. The standard InChI is InChI=1S/C14H23N3O/c1-5-15-12-10(2)11(3)16-13(17-12)14(4)8-6-7-9-18-14/h5-9H2,1-4H3,(H,15,16,17). The monoisotopic (exact) mass is 249 g/mol. The highest BCUT2D eigenvalue weighted by Crippen LogP contribution is 2.33. The van der Waals surface area contributed by atoms with Gasteiger partial charge in [-0.2, -0.15) is 0 Å². The maximum Gasteiger partial charge on any atom is 0.162 e. The summed E-state index contributed by atoms with van der Waals surface area (Å²) in [5, 5.41) is 3.31. The van der Waals surface area contributed by atoms with Crippen LogP contribution in [0.4, 0.5) is 5.82 Å². The first-order valence-corrected chi connectivity index (χ1v) is 6.80. The average Bonchev–Trinajstić information content (AvgIpc) is 2.36. The van der Waals surface area contributed by atoms with E-state index < -0.39 is 0 Å². The van der Waals surface area contributed by atoms with Crippen molar-refractivity contribution in [1.29, 1.82) is 0 Å². The fourth-order valence-corrected chi connectivity index (χ4v) is 2.32. The number of nitrogens with one attached hydrogen (secondary N) is 1. The van der Waals surface area contributed by atoms with Crippen LogP contribution in [0.5, 0.6) is 0 Å². The van der Waals surface area contributed by atoms with Crippen molar-refractivity contribution >= 4 is 5.82 Å². The molecule has 0 bridgehead atoms. The van der Waals surface area contributed by atoms with Crippen LogP contribution in [0.2, 0.25) is 0 Å². The summed E-state index contributed by atoms with van der Waals surface area (Å²) in [4.78, 5) is 9.31. The average molecular weight is 249 g/mol. The SMILES string of the molecule is CCNc1nc(C2(C)CCCCO2)nc(C)c1C. The largest absolute Gasteiger partial charge is 0.370 e. The highest BCUT2D eigenvalue weighted by molar-refractivity contribution is 5.45. The summed E-state index contributed by atoms with van der Waals surface area (Å²) in [5.41, 5.74) is 1.84. The van der Waals surface area contributed by atoms with Gasteiger partial charge >= 0.3 is 0 Å². The molecule has 0 aliphatic carbocycles. The number of hydrogen-bond donors (Lipinski definition) is 1. The highest BCUT2D eigenvalue weighted by Gasteiger charge is 2.33. The second kappa shape index (κ2) is 5.22. The molecule has 18 heavy (non-hydrogen) atoms. The Morgan fingerprint density at radius 2 is 2.06 bits per heavy atom. The van der Waals surface area contributed by atoms with Crippen molar-refractivity contribution in [1.82, 2.24) is 9.97 Å². The van der Waals surface area contributed by atoms with Crippen LogP contribution in [-0.2, 0) is 10.3 Å². The second-order valence-electron chi connectivity index (χ2n) is 5.17. The third-order valence-corrected chi connectivity index (χ3v) is 3.68. The molecule has 2 heterocycles. The van der Waals surface area contributed by atoms with Crippen LogP contribution in [0.15, 0.2) is 0 Å². The Morgan fingerprint density at radius 3 is 2.67 bits per heavy atom. The molecule has 4 nitrogen and oxygen atoms in total.